The zero-order valence-electron chi connectivity index (χ0n) is 11.2. The van der Waals surface area contributed by atoms with Gasteiger partial charge in [0.25, 0.3) is 0 Å². The maximum Gasteiger partial charge on any atom is 0.229 e. The van der Waals surface area contributed by atoms with Gasteiger partial charge in [-0.15, -0.1) is 0 Å². The summed E-state index contributed by atoms with van der Waals surface area (Å²) in [5, 5.41) is 0. The Kier molecular flexibility index (Phi) is 4.68. The van der Waals surface area contributed by atoms with E-state index in [9.17, 15) is 17.6 Å². The van der Waals surface area contributed by atoms with Gasteiger partial charge in [-0.25, -0.2) is 12.8 Å². The molecule has 0 spiro atoms. The van der Waals surface area contributed by atoms with Gasteiger partial charge >= 0.3 is 0 Å². The smallest absolute Gasteiger partial charge is 0.229 e. The molecule has 0 aliphatic rings. The lowest BCUT2D eigenvalue weighted by Crippen LogP contribution is -2.24. The Labute approximate surface area is 113 Å². The Morgan fingerprint density at radius 1 is 1.42 bits per heavy atom. The van der Waals surface area contributed by atoms with Gasteiger partial charge in [-0.05, 0) is 31.0 Å². The Bertz CT molecular complexity index is 571. The third-order valence-corrected chi connectivity index (χ3v) is 3.54. The number of rotatable bonds is 6. The third-order valence-electron chi connectivity index (χ3n) is 2.95. The van der Waals surface area contributed by atoms with E-state index in [2.05, 4.69) is 4.72 Å². The average Bonchev–Trinajstić information content (AvgIpc) is 2.30. The zero-order chi connectivity index (χ0) is 14.7. The molecule has 1 rings (SSSR count). The van der Waals surface area contributed by atoms with Gasteiger partial charge in [0.2, 0.25) is 10.0 Å². The molecule has 0 bridgehead atoms. The van der Waals surface area contributed by atoms with Gasteiger partial charge in [0.05, 0.1) is 11.9 Å². The van der Waals surface area contributed by atoms with E-state index in [4.69, 9.17) is 0 Å². The molecule has 0 saturated carbocycles. The lowest BCUT2D eigenvalue weighted by atomic mass is 9.80. The third kappa shape index (κ3) is 4.02. The molecule has 0 amide bonds. The lowest BCUT2D eigenvalue weighted by Gasteiger charge is -2.23. The predicted molar refractivity (Wildman–Crippen MR) is 73.2 cm³/mol. The van der Waals surface area contributed by atoms with Crippen molar-refractivity contribution in [2.24, 2.45) is 0 Å². The van der Waals surface area contributed by atoms with Crippen LogP contribution in [0.1, 0.15) is 32.3 Å². The van der Waals surface area contributed by atoms with Crippen LogP contribution < -0.4 is 4.72 Å². The highest BCUT2D eigenvalue weighted by atomic mass is 32.2. The molecule has 1 aromatic rings. The van der Waals surface area contributed by atoms with E-state index in [0.717, 1.165) is 19.0 Å². The number of nitrogens with one attached hydrogen (secondary N) is 1. The van der Waals surface area contributed by atoms with Crippen molar-refractivity contribution in [3.8, 4) is 0 Å². The molecule has 0 radical (unpaired) electrons. The topological polar surface area (TPSA) is 63.2 Å². The second-order valence-electron chi connectivity index (χ2n) is 4.85. The minimum atomic E-state index is -3.52. The molecule has 0 saturated heterocycles. The van der Waals surface area contributed by atoms with Crippen LogP contribution in [0, 0.1) is 5.82 Å². The average molecular weight is 287 g/mol. The largest absolute Gasteiger partial charge is 0.302 e. The minimum absolute atomic E-state index is 0.115. The molecule has 6 heteroatoms. The van der Waals surface area contributed by atoms with Crippen LogP contribution in [0.5, 0.6) is 0 Å². The summed E-state index contributed by atoms with van der Waals surface area (Å²) in [6.07, 6.45) is 3.15. The molecule has 1 unspecified atom stereocenters. The van der Waals surface area contributed by atoms with Gasteiger partial charge < -0.3 is 4.79 Å². The second-order valence-corrected chi connectivity index (χ2v) is 6.60. The van der Waals surface area contributed by atoms with Gasteiger partial charge in [-0.1, -0.05) is 19.4 Å². The van der Waals surface area contributed by atoms with Gasteiger partial charge in [0.1, 0.15) is 12.1 Å². The van der Waals surface area contributed by atoms with Crippen molar-refractivity contribution in [3.63, 3.8) is 0 Å². The number of hydrogen-bond donors (Lipinski definition) is 1. The first-order valence-electron chi connectivity index (χ1n) is 5.96. The van der Waals surface area contributed by atoms with E-state index >= 15 is 0 Å². The molecule has 1 N–H and O–H groups in total. The van der Waals surface area contributed by atoms with E-state index in [0.29, 0.717) is 12.0 Å². The summed E-state index contributed by atoms with van der Waals surface area (Å²) < 4.78 is 38.1. The van der Waals surface area contributed by atoms with Crippen LogP contribution in [-0.4, -0.2) is 21.0 Å². The molecule has 0 heterocycles. The Balaban J connectivity index is 3.15. The summed E-state index contributed by atoms with van der Waals surface area (Å²) in [5.41, 5.74) is -0.323. The van der Waals surface area contributed by atoms with E-state index in [-0.39, 0.29) is 5.69 Å². The molecule has 19 heavy (non-hydrogen) atoms. The monoisotopic (exact) mass is 287 g/mol. The van der Waals surface area contributed by atoms with Crippen LogP contribution in [0.2, 0.25) is 0 Å². The number of halogens is 1. The van der Waals surface area contributed by atoms with Crippen molar-refractivity contribution >= 4 is 22.0 Å². The van der Waals surface area contributed by atoms with Crippen LogP contribution in [0.3, 0.4) is 0 Å². The van der Waals surface area contributed by atoms with Gasteiger partial charge in [-0.3, -0.25) is 4.72 Å². The molecule has 4 nitrogen and oxygen atoms in total. The first-order valence-corrected chi connectivity index (χ1v) is 7.85. The van der Waals surface area contributed by atoms with Gasteiger partial charge in [-0.2, -0.15) is 0 Å². The molecular weight excluding hydrogens is 269 g/mol. The van der Waals surface area contributed by atoms with E-state index in [1.54, 1.807) is 13.0 Å². The number of aldehydes is 1. The van der Waals surface area contributed by atoms with Crippen molar-refractivity contribution in [2.75, 3.05) is 11.0 Å². The molecule has 1 atom stereocenters. The number of hydrogen-bond acceptors (Lipinski definition) is 3. The highest BCUT2D eigenvalue weighted by Gasteiger charge is 2.26. The number of anilines is 1. The standard InChI is InChI=1S/C13H18FNO3S/c1-4-7-13(2,9-16)10-5-6-12(11(14)8-10)15-19(3,17)18/h5-6,8-9,15H,4,7H2,1-3H3. The van der Waals surface area contributed by atoms with Crippen molar-refractivity contribution in [2.45, 2.75) is 32.1 Å². The first-order chi connectivity index (χ1) is 8.72. The molecule has 0 fully saturated rings. The van der Waals surface area contributed by atoms with Crippen molar-refractivity contribution in [1.82, 2.24) is 0 Å². The highest BCUT2D eigenvalue weighted by Crippen LogP contribution is 2.29. The molecule has 1 aromatic carbocycles. The van der Waals surface area contributed by atoms with E-state index in [1.807, 2.05) is 6.92 Å². The summed E-state index contributed by atoms with van der Waals surface area (Å²) in [6, 6.07) is 4.11. The SMILES string of the molecule is CCCC(C)(C=O)c1ccc(NS(C)(=O)=O)c(F)c1. The van der Waals surface area contributed by atoms with Gasteiger partial charge in [0, 0.05) is 5.41 Å². The van der Waals surface area contributed by atoms with Crippen LogP contribution in [-0.2, 0) is 20.2 Å². The summed E-state index contributed by atoms with van der Waals surface area (Å²) in [4.78, 5) is 11.2. The van der Waals surface area contributed by atoms with Crippen LogP contribution in [0.15, 0.2) is 18.2 Å². The van der Waals surface area contributed by atoms with E-state index < -0.39 is 21.3 Å². The summed E-state index contributed by atoms with van der Waals surface area (Å²) >= 11 is 0. The van der Waals surface area contributed by atoms with Crippen molar-refractivity contribution in [1.29, 1.82) is 0 Å². The fourth-order valence-electron chi connectivity index (χ4n) is 1.94. The normalized spacial score (nSPS) is 14.7. The predicted octanol–water partition coefficient (Wildman–Crippen LogP) is 2.45. The quantitative estimate of drug-likeness (QED) is 0.817. The maximum absolute atomic E-state index is 13.8. The highest BCUT2D eigenvalue weighted by molar-refractivity contribution is 7.92. The molecule has 0 aromatic heterocycles. The molecule has 106 valence electrons. The lowest BCUT2D eigenvalue weighted by molar-refractivity contribution is -0.112. The molecule has 0 aliphatic heterocycles. The molecule has 0 aliphatic carbocycles. The maximum atomic E-state index is 13.8. The summed E-state index contributed by atoms with van der Waals surface area (Å²) in [6.45, 7) is 3.68. The van der Waals surface area contributed by atoms with Crippen molar-refractivity contribution in [3.05, 3.63) is 29.6 Å². The number of carbonyl (C=O) groups excluding carboxylic acids is 1. The van der Waals surface area contributed by atoms with E-state index in [1.165, 1.54) is 12.1 Å². The Morgan fingerprint density at radius 3 is 2.47 bits per heavy atom. The zero-order valence-corrected chi connectivity index (χ0v) is 12.1. The number of carbonyl (C=O) groups is 1. The fourth-order valence-corrected chi connectivity index (χ4v) is 2.51. The van der Waals surface area contributed by atoms with Crippen LogP contribution in [0.25, 0.3) is 0 Å². The first kappa shape index (κ1) is 15.6. The number of benzene rings is 1. The Morgan fingerprint density at radius 2 is 2.05 bits per heavy atom. The summed E-state index contributed by atoms with van der Waals surface area (Å²) in [5.74, 6) is -0.688. The number of sulfonamides is 1. The Hall–Kier alpha value is -1.43. The minimum Gasteiger partial charge on any atom is -0.302 e. The van der Waals surface area contributed by atoms with Crippen molar-refractivity contribution < 1.29 is 17.6 Å². The summed E-state index contributed by atoms with van der Waals surface area (Å²) in [7, 11) is -3.52. The van der Waals surface area contributed by atoms with Crippen LogP contribution in [0.4, 0.5) is 10.1 Å². The second kappa shape index (κ2) is 5.69. The molecular formula is C13H18FNO3S. The van der Waals surface area contributed by atoms with Crippen LogP contribution >= 0.6 is 0 Å². The fraction of sp³-hybridized carbons (Fsp3) is 0.462. The van der Waals surface area contributed by atoms with Gasteiger partial charge in [0.15, 0.2) is 0 Å².